The van der Waals surface area contributed by atoms with Crippen molar-refractivity contribution in [2.24, 2.45) is 5.73 Å². The van der Waals surface area contributed by atoms with Gasteiger partial charge in [-0.05, 0) is 31.7 Å². The monoisotopic (exact) mass is 462 g/mol. The fourth-order valence-electron chi connectivity index (χ4n) is 3.60. The van der Waals surface area contributed by atoms with Crippen molar-refractivity contribution >= 4 is 38.8 Å². The molecular formula is C19H23FN8O3S. The molecule has 0 aliphatic heterocycles. The van der Waals surface area contributed by atoms with Crippen molar-refractivity contribution in [1.29, 1.82) is 0 Å². The Bertz CT molecular complexity index is 1250. The van der Waals surface area contributed by atoms with E-state index in [4.69, 9.17) is 5.73 Å². The Morgan fingerprint density at radius 1 is 1.22 bits per heavy atom. The van der Waals surface area contributed by atoms with Gasteiger partial charge in [0.2, 0.25) is 10.0 Å². The van der Waals surface area contributed by atoms with Gasteiger partial charge in [0.25, 0.3) is 5.91 Å². The van der Waals surface area contributed by atoms with Crippen molar-refractivity contribution in [3.63, 3.8) is 0 Å². The summed E-state index contributed by atoms with van der Waals surface area (Å²) in [5.41, 5.74) is 6.20. The van der Waals surface area contributed by atoms with Crippen molar-refractivity contribution < 1.29 is 17.6 Å². The number of halogens is 1. The molecule has 170 valence electrons. The van der Waals surface area contributed by atoms with Crippen LogP contribution in [0.25, 0.3) is 5.65 Å². The summed E-state index contributed by atoms with van der Waals surface area (Å²) >= 11 is 0. The average molecular weight is 463 g/mol. The van der Waals surface area contributed by atoms with Crippen molar-refractivity contribution in [1.82, 2.24) is 19.6 Å². The predicted molar refractivity (Wildman–Crippen MR) is 117 cm³/mol. The molecule has 5 N–H and O–H groups in total. The number of carbonyl (C=O) groups is 1. The molecule has 3 aromatic rings. The molecule has 1 amide bonds. The van der Waals surface area contributed by atoms with Crippen LogP contribution in [0, 0.1) is 5.82 Å². The highest BCUT2D eigenvalue weighted by molar-refractivity contribution is 7.92. The normalized spacial score (nSPS) is 19.0. The topological polar surface area (TPSA) is 156 Å². The second-order valence-corrected chi connectivity index (χ2v) is 9.51. The Labute approximate surface area is 183 Å². The van der Waals surface area contributed by atoms with Crippen LogP contribution in [0.2, 0.25) is 0 Å². The van der Waals surface area contributed by atoms with Crippen molar-refractivity contribution in [3.8, 4) is 0 Å². The zero-order valence-electron chi connectivity index (χ0n) is 17.2. The number of hydrogen-bond acceptors (Lipinski definition) is 8. The molecular weight excluding hydrogens is 439 g/mol. The summed E-state index contributed by atoms with van der Waals surface area (Å²) in [6.07, 6.45) is 8.00. The highest BCUT2D eigenvalue weighted by atomic mass is 32.2. The summed E-state index contributed by atoms with van der Waals surface area (Å²) in [5, 5.41) is 10.2. The average Bonchev–Trinajstić information content (AvgIpc) is 3.15. The van der Waals surface area contributed by atoms with Gasteiger partial charge in [-0.1, -0.05) is 0 Å². The van der Waals surface area contributed by atoms with Crippen LogP contribution in [0.15, 0.2) is 30.7 Å². The van der Waals surface area contributed by atoms with Crippen LogP contribution in [0.3, 0.4) is 0 Å². The number of nitrogens with one attached hydrogen (secondary N) is 3. The van der Waals surface area contributed by atoms with Gasteiger partial charge in [0.05, 0.1) is 30.0 Å². The summed E-state index contributed by atoms with van der Waals surface area (Å²) in [5.74, 6) is -0.993. The molecule has 32 heavy (non-hydrogen) atoms. The van der Waals surface area contributed by atoms with E-state index in [1.807, 2.05) is 0 Å². The van der Waals surface area contributed by atoms with Gasteiger partial charge in [-0.3, -0.25) is 14.5 Å². The first-order valence-corrected chi connectivity index (χ1v) is 11.9. The van der Waals surface area contributed by atoms with Gasteiger partial charge in [-0.25, -0.2) is 22.3 Å². The maximum Gasteiger partial charge on any atom is 0.276 e. The Hall–Kier alpha value is -3.32. The van der Waals surface area contributed by atoms with Crippen molar-refractivity contribution in [2.45, 2.75) is 37.8 Å². The molecule has 1 saturated carbocycles. The fraction of sp³-hybridized carbons (Fsp3) is 0.368. The molecule has 1 aliphatic carbocycles. The first kappa shape index (κ1) is 21.9. The molecule has 3 heterocycles. The minimum absolute atomic E-state index is 0.00193. The quantitative estimate of drug-likeness (QED) is 0.430. The number of carbonyl (C=O) groups excluding carboxylic acids is 1. The van der Waals surface area contributed by atoms with Gasteiger partial charge in [-0.15, -0.1) is 5.10 Å². The molecule has 3 aromatic heterocycles. The Morgan fingerprint density at radius 3 is 2.66 bits per heavy atom. The van der Waals surface area contributed by atoms with Gasteiger partial charge < -0.3 is 16.4 Å². The lowest BCUT2D eigenvalue weighted by Gasteiger charge is -2.27. The van der Waals surface area contributed by atoms with E-state index >= 15 is 0 Å². The summed E-state index contributed by atoms with van der Waals surface area (Å²) in [7, 11) is -3.62. The van der Waals surface area contributed by atoms with E-state index in [2.05, 4.69) is 30.4 Å². The summed E-state index contributed by atoms with van der Waals surface area (Å²) in [6, 6.07) is 3.13. The number of anilines is 3. The molecule has 0 unspecified atom stereocenters. The summed E-state index contributed by atoms with van der Waals surface area (Å²) in [4.78, 5) is 20.6. The zero-order chi connectivity index (χ0) is 22.9. The van der Waals surface area contributed by atoms with E-state index in [0.29, 0.717) is 5.82 Å². The molecule has 1 aliphatic rings. The number of fused-ring (bicyclic) bond motifs is 1. The number of amides is 1. The lowest BCUT2D eigenvalue weighted by atomic mass is 9.92. The molecule has 0 aromatic carbocycles. The number of rotatable bonds is 6. The molecule has 4 rings (SSSR count). The number of pyridine rings is 1. The lowest BCUT2D eigenvalue weighted by molar-refractivity contribution is 0.102. The van der Waals surface area contributed by atoms with Crippen LogP contribution in [0.4, 0.5) is 21.6 Å². The number of nitrogens with two attached hydrogens (primary N) is 1. The van der Waals surface area contributed by atoms with Crippen molar-refractivity contribution in [2.75, 3.05) is 21.6 Å². The van der Waals surface area contributed by atoms with Crippen molar-refractivity contribution in [3.05, 3.63) is 42.2 Å². The molecule has 13 heteroatoms. The van der Waals surface area contributed by atoms with Crippen LogP contribution in [0.1, 0.15) is 36.2 Å². The molecule has 0 atom stereocenters. The predicted octanol–water partition coefficient (Wildman–Crippen LogP) is 1.57. The van der Waals surface area contributed by atoms with E-state index in [1.54, 1.807) is 0 Å². The van der Waals surface area contributed by atoms with E-state index in [0.717, 1.165) is 38.1 Å². The van der Waals surface area contributed by atoms with Crippen LogP contribution in [-0.4, -0.2) is 52.2 Å². The number of hydrogen-bond donors (Lipinski definition) is 4. The third-order valence-electron chi connectivity index (χ3n) is 5.14. The highest BCUT2D eigenvalue weighted by Crippen LogP contribution is 2.25. The molecule has 1 fully saturated rings. The standard InChI is InChI=1S/C19H23FN8O3S/c1-32(30,31)27-15-8-17(24-12-4-2-11(21)3-5-12)26-28-16(10-23-18(15)28)19(29)25-14-6-7-22-9-13(14)20/h6-12,27H,2-5,21H2,1H3,(H,24,26)(H,22,25,29). The van der Waals surface area contributed by atoms with E-state index in [1.165, 1.54) is 29.0 Å². The number of sulfonamides is 1. The van der Waals surface area contributed by atoms with Gasteiger partial charge in [-0.2, -0.15) is 0 Å². The Kier molecular flexibility index (Phi) is 5.93. The maximum atomic E-state index is 13.9. The highest BCUT2D eigenvalue weighted by Gasteiger charge is 2.22. The number of nitrogens with zero attached hydrogens (tertiary/aromatic N) is 4. The molecule has 0 radical (unpaired) electrons. The number of aromatic nitrogens is 4. The molecule has 0 saturated heterocycles. The van der Waals surface area contributed by atoms with Gasteiger partial charge >= 0.3 is 0 Å². The Balaban J connectivity index is 1.70. The second kappa shape index (κ2) is 8.67. The second-order valence-electron chi connectivity index (χ2n) is 7.76. The van der Waals surface area contributed by atoms with Gasteiger partial charge in [0, 0.05) is 24.3 Å². The smallest absolute Gasteiger partial charge is 0.276 e. The fourth-order valence-corrected chi connectivity index (χ4v) is 4.15. The maximum absolute atomic E-state index is 13.9. The number of imidazole rings is 1. The summed E-state index contributed by atoms with van der Waals surface area (Å²) < 4.78 is 41.3. The van der Waals surface area contributed by atoms with Gasteiger partial charge in [0.15, 0.2) is 17.2 Å². The van der Waals surface area contributed by atoms with Crippen LogP contribution in [-0.2, 0) is 10.0 Å². The Morgan fingerprint density at radius 2 is 1.97 bits per heavy atom. The zero-order valence-corrected chi connectivity index (χ0v) is 18.1. The third kappa shape index (κ3) is 4.94. The largest absolute Gasteiger partial charge is 0.366 e. The van der Waals surface area contributed by atoms with Crippen LogP contribution < -0.4 is 21.1 Å². The van der Waals surface area contributed by atoms with E-state index in [-0.39, 0.29) is 34.8 Å². The molecule has 0 bridgehead atoms. The first-order chi connectivity index (χ1) is 15.2. The minimum atomic E-state index is -3.62. The van der Waals surface area contributed by atoms with E-state index in [9.17, 15) is 17.6 Å². The first-order valence-electron chi connectivity index (χ1n) is 9.99. The lowest BCUT2D eigenvalue weighted by Crippen LogP contribution is -2.33. The van der Waals surface area contributed by atoms with Gasteiger partial charge in [0.1, 0.15) is 5.82 Å². The van der Waals surface area contributed by atoms with Crippen LogP contribution in [0.5, 0.6) is 0 Å². The third-order valence-corrected chi connectivity index (χ3v) is 5.73. The van der Waals surface area contributed by atoms with Crippen LogP contribution >= 0.6 is 0 Å². The van der Waals surface area contributed by atoms with E-state index < -0.39 is 21.7 Å². The molecule has 0 spiro atoms. The SMILES string of the molecule is CS(=O)(=O)Nc1cc(NC2CCC(N)CC2)nn2c(C(=O)Nc3ccncc3F)cnc12. The summed E-state index contributed by atoms with van der Waals surface area (Å²) in [6.45, 7) is 0. The minimum Gasteiger partial charge on any atom is -0.366 e. The molecule has 11 nitrogen and oxygen atoms in total.